The molecule has 0 saturated heterocycles. The third-order valence-corrected chi connectivity index (χ3v) is 4.73. The number of aromatic nitrogens is 6. The highest BCUT2D eigenvalue weighted by Gasteiger charge is 2.13. The Bertz CT molecular complexity index is 1260. The van der Waals surface area contributed by atoms with Crippen LogP contribution < -0.4 is 5.32 Å². The van der Waals surface area contributed by atoms with Crippen LogP contribution in [0.1, 0.15) is 5.56 Å². The van der Waals surface area contributed by atoms with Gasteiger partial charge in [-0.1, -0.05) is 60.7 Å². The third kappa shape index (κ3) is 3.34. The quantitative estimate of drug-likeness (QED) is 0.501. The van der Waals surface area contributed by atoms with Crippen LogP contribution in [0, 0.1) is 0 Å². The topological polar surface area (TPSA) is 72.9 Å². The van der Waals surface area contributed by atoms with Crippen LogP contribution in [-0.4, -0.2) is 29.4 Å². The van der Waals surface area contributed by atoms with Crippen molar-refractivity contribution in [2.24, 2.45) is 7.05 Å². The molecule has 1 N–H and O–H groups in total. The van der Waals surface area contributed by atoms with Crippen molar-refractivity contribution in [2.75, 3.05) is 5.32 Å². The first-order valence-corrected chi connectivity index (χ1v) is 9.36. The molecular formula is C22H19N7. The second-order valence-electron chi connectivity index (χ2n) is 6.76. The summed E-state index contributed by atoms with van der Waals surface area (Å²) in [4.78, 5) is 8.90. The number of aryl methyl sites for hydroxylation is 1. The summed E-state index contributed by atoms with van der Waals surface area (Å²) < 4.78 is 3.55. The van der Waals surface area contributed by atoms with Crippen molar-refractivity contribution >= 4 is 11.6 Å². The number of fused-ring (bicyclic) bond motifs is 1. The summed E-state index contributed by atoms with van der Waals surface area (Å²) in [6.07, 6.45) is 3.55. The van der Waals surface area contributed by atoms with Crippen molar-refractivity contribution in [3.05, 3.63) is 84.8 Å². The van der Waals surface area contributed by atoms with Crippen molar-refractivity contribution in [1.29, 1.82) is 0 Å². The second kappa shape index (κ2) is 7.20. The number of anilines is 1. The van der Waals surface area contributed by atoms with E-state index in [0.29, 0.717) is 12.3 Å². The molecule has 0 saturated carbocycles. The zero-order valence-electron chi connectivity index (χ0n) is 15.9. The van der Waals surface area contributed by atoms with E-state index in [1.807, 2.05) is 72.5 Å². The van der Waals surface area contributed by atoms with Crippen molar-refractivity contribution in [3.63, 3.8) is 0 Å². The molecule has 142 valence electrons. The maximum Gasteiger partial charge on any atom is 0.254 e. The van der Waals surface area contributed by atoms with E-state index in [4.69, 9.17) is 0 Å². The zero-order valence-corrected chi connectivity index (χ0v) is 15.9. The Hall–Kier alpha value is -4.00. The molecule has 2 aromatic carbocycles. The molecule has 0 bridgehead atoms. The molecule has 0 atom stereocenters. The maximum absolute atomic E-state index is 4.64. The van der Waals surface area contributed by atoms with E-state index < -0.39 is 0 Å². The molecule has 3 heterocycles. The lowest BCUT2D eigenvalue weighted by Crippen LogP contribution is -2.07. The molecule has 0 aliphatic carbocycles. The summed E-state index contributed by atoms with van der Waals surface area (Å²) in [6.45, 7) is 0.602. The van der Waals surface area contributed by atoms with Gasteiger partial charge in [0.25, 0.3) is 5.78 Å². The van der Waals surface area contributed by atoms with E-state index in [1.54, 1.807) is 4.52 Å². The predicted octanol–water partition coefficient (Wildman–Crippen LogP) is 3.80. The molecule has 7 nitrogen and oxygen atoms in total. The van der Waals surface area contributed by atoms with Gasteiger partial charge in [-0.3, -0.25) is 4.68 Å². The van der Waals surface area contributed by atoms with Gasteiger partial charge >= 0.3 is 0 Å². The van der Waals surface area contributed by atoms with Gasteiger partial charge in [0.15, 0.2) is 0 Å². The van der Waals surface area contributed by atoms with Crippen LogP contribution in [-0.2, 0) is 13.6 Å². The van der Waals surface area contributed by atoms with E-state index in [9.17, 15) is 0 Å². The maximum atomic E-state index is 4.64. The Kier molecular flexibility index (Phi) is 4.25. The Morgan fingerprint density at radius 1 is 0.931 bits per heavy atom. The number of benzene rings is 2. The van der Waals surface area contributed by atoms with E-state index >= 15 is 0 Å². The van der Waals surface area contributed by atoms with Crippen molar-refractivity contribution in [1.82, 2.24) is 29.4 Å². The Morgan fingerprint density at radius 2 is 1.66 bits per heavy atom. The lowest BCUT2D eigenvalue weighted by Gasteiger charge is -2.10. The molecular weight excluding hydrogens is 362 g/mol. The van der Waals surface area contributed by atoms with Crippen LogP contribution in [0.2, 0.25) is 0 Å². The van der Waals surface area contributed by atoms with Gasteiger partial charge in [0.2, 0.25) is 0 Å². The molecule has 5 rings (SSSR count). The van der Waals surface area contributed by atoms with Gasteiger partial charge < -0.3 is 5.32 Å². The van der Waals surface area contributed by atoms with Crippen LogP contribution in [0.5, 0.6) is 0 Å². The Balaban J connectivity index is 1.50. The summed E-state index contributed by atoms with van der Waals surface area (Å²) in [5.74, 6) is 1.39. The zero-order chi connectivity index (χ0) is 19.6. The summed E-state index contributed by atoms with van der Waals surface area (Å²) >= 11 is 0. The summed E-state index contributed by atoms with van der Waals surface area (Å²) in [6, 6.07) is 22.3. The minimum atomic E-state index is 0.559. The second-order valence-corrected chi connectivity index (χ2v) is 6.76. The average Bonchev–Trinajstić information content (AvgIpc) is 3.39. The molecule has 0 aliphatic rings. The molecule has 3 aromatic heterocycles. The molecule has 0 spiro atoms. The average molecular weight is 381 g/mol. The first-order chi connectivity index (χ1) is 14.3. The number of hydrogen-bond donors (Lipinski definition) is 1. The van der Waals surface area contributed by atoms with Crippen LogP contribution in [0.4, 0.5) is 5.82 Å². The molecule has 7 heteroatoms. The Morgan fingerprint density at radius 3 is 2.41 bits per heavy atom. The first-order valence-electron chi connectivity index (χ1n) is 9.36. The fraction of sp³-hybridized carbons (Fsp3) is 0.0909. The largest absolute Gasteiger partial charge is 0.366 e. The van der Waals surface area contributed by atoms with Crippen molar-refractivity contribution < 1.29 is 0 Å². The molecule has 0 aliphatic heterocycles. The summed E-state index contributed by atoms with van der Waals surface area (Å²) in [7, 11) is 1.94. The number of hydrogen-bond acceptors (Lipinski definition) is 5. The molecule has 29 heavy (non-hydrogen) atoms. The molecule has 0 radical (unpaired) electrons. The smallest absolute Gasteiger partial charge is 0.254 e. The van der Waals surface area contributed by atoms with Gasteiger partial charge in [0, 0.05) is 42.5 Å². The van der Waals surface area contributed by atoms with Crippen LogP contribution in [0.15, 0.2) is 79.3 Å². The number of nitrogens with one attached hydrogen (secondary N) is 1. The van der Waals surface area contributed by atoms with Gasteiger partial charge in [0.05, 0.1) is 11.4 Å². The lowest BCUT2D eigenvalue weighted by atomic mass is 10.1. The standard InChI is InChI=1S/C22H19N7/c1-28-14-18(21(27-28)17-10-6-3-7-11-17)13-23-20-12-19(16-8-4-2-5-9-16)26-22-24-15-25-29(20)22/h2-12,14-15,23H,13H2,1H3. The molecule has 0 unspecified atom stereocenters. The first kappa shape index (κ1) is 17.1. The number of rotatable bonds is 5. The predicted molar refractivity (Wildman–Crippen MR) is 112 cm³/mol. The molecule has 5 aromatic rings. The minimum Gasteiger partial charge on any atom is -0.366 e. The molecule has 0 fully saturated rings. The van der Waals surface area contributed by atoms with Gasteiger partial charge in [0.1, 0.15) is 12.1 Å². The van der Waals surface area contributed by atoms with Crippen molar-refractivity contribution in [2.45, 2.75) is 6.54 Å². The van der Waals surface area contributed by atoms with Gasteiger partial charge in [-0.05, 0) is 0 Å². The van der Waals surface area contributed by atoms with Gasteiger partial charge in [-0.25, -0.2) is 4.98 Å². The van der Waals surface area contributed by atoms with Gasteiger partial charge in [-0.15, -0.1) is 0 Å². The van der Waals surface area contributed by atoms with Crippen LogP contribution >= 0.6 is 0 Å². The lowest BCUT2D eigenvalue weighted by molar-refractivity contribution is 0.770. The molecule has 0 amide bonds. The monoisotopic (exact) mass is 381 g/mol. The highest BCUT2D eigenvalue weighted by molar-refractivity contribution is 5.66. The van der Waals surface area contributed by atoms with Crippen LogP contribution in [0.3, 0.4) is 0 Å². The highest BCUT2D eigenvalue weighted by Crippen LogP contribution is 2.24. The van der Waals surface area contributed by atoms with Crippen LogP contribution in [0.25, 0.3) is 28.3 Å². The fourth-order valence-electron chi connectivity index (χ4n) is 3.39. The normalized spacial score (nSPS) is 11.1. The van der Waals surface area contributed by atoms with Gasteiger partial charge in [-0.2, -0.15) is 19.7 Å². The Labute approximate surface area is 167 Å². The highest BCUT2D eigenvalue weighted by atomic mass is 15.4. The van der Waals surface area contributed by atoms with E-state index in [1.165, 1.54) is 6.33 Å². The van der Waals surface area contributed by atoms with E-state index in [2.05, 4.69) is 37.6 Å². The van der Waals surface area contributed by atoms with E-state index in [-0.39, 0.29) is 0 Å². The fourth-order valence-corrected chi connectivity index (χ4v) is 3.39. The third-order valence-electron chi connectivity index (χ3n) is 4.73. The SMILES string of the molecule is Cn1cc(CNc2cc(-c3ccccc3)nc3ncnn23)c(-c2ccccc2)n1. The number of nitrogens with zero attached hydrogens (tertiary/aromatic N) is 6. The van der Waals surface area contributed by atoms with E-state index in [0.717, 1.165) is 33.9 Å². The summed E-state index contributed by atoms with van der Waals surface area (Å²) in [5.41, 5.74) is 5.05. The van der Waals surface area contributed by atoms with Crippen molar-refractivity contribution in [3.8, 4) is 22.5 Å². The summed E-state index contributed by atoms with van der Waals surface area (Å²) in [5, 5.41) is 12.4. The minimum absolute atomic E-state index is 0.559.